The first-order valence-corrected chi connectivity index (χ1v) is 8.78. The predicted octanol–water partition coefficient (Wildman–Crippen LogP) is 3.41. The minimum Gasteiger partial charge on any atom is -0.389 e. The van der Waals surface area contributed by atoms with Crippen molar-refractivity contribution in [1.82, 2.24) is 0 Å². The van der Waals surface area contributed by atoms with E-state index in [9.17, 15) is 5.11 Å². The maximum Gasteiger partial charge on any atom is 0.0724 e. The van der Waals surface area contributed by atoms with Gasteiger partial charge in [-0.3, -0.25) is 0 Å². The van der Waals surface area contributed by atoms with Gasteiger partial charge in [-0.15, -0.1) is 0 Å². The molecular weight excluding hydrogens is 258 g/mol. The lowest BCUT2D eigenvalue weighted by Crippen LogP contribution is -2.49. The lowest BCUT2D eigenvalue weighted by molar-refractivity contribution is 0.0556. The molecule has 0 saturated heterocycles. The standard InChI is InChI=1S/C19H29NO/c1-18-9-7-13(21)11-12(18)3-4-14-15-5-6-17(20)19(15,2)10-8-16(14)18/h7-9,12-15,17,21H,3-6,10-11,20H2,1-2H3/t12-,13+,14+,15+,17+,18+,19+/m1/s1. The lowest BCUT2D eigenvalue weighted by Gasteiger charge is -2.54. The molecule has 2 heteroatoms. The van der Waals surface area contributed by atoms with Crippen LogP contribution in [0.1, 0.15) is 52.4 Å². The van der Waals surface area contributed by atoms with Crippen LogP contribution in [0.4, 0.5) is 0 Å². The molecule has 0 radical (unpaired) electrons. The van der Waals surface area contributed by atoms with Crippen LogP contribution < -0.4 is 5.73 Å². The number of hydrogen-bond donors (Lipinski definition) is 2. The van der Waals surface area contributed by atoms with Crippen LogP contribution in [0.2, 0.25) is 0 Å². The highest BCUT2D eigenvalue weighted by atomic mass is 16.3. The molecule has 0 amide bonds. The Morgan fingerprint density at radius 3 is 2.81 bits per heavy atom. The van der Waals surface area contributed by atoms with E-state index in [-0.39, 0.29) is 11.5 Å². The minimum atomic E-state index is -0.228. The first-order chi connectivity index (χ1) is 9.95. The Balaban J connectivity index is 1.74. The van der Waals surface area contributed by atoms with Crippen molar-refractivity contribution in [3.63, 3.8) is 0 Å². The zero-order valence-electron chi connectivity index (χ0n) is 13.4. The molecule has 4 aliphatic rings. The summed E-state index contributed by atoms with van der Waals surface area (Å²) in [6, 6.07) is 0.384. The van der Waals surface area contributed by atoms with Gasteiger partial charge in [-0.05, 0) is 61.7 Å². The number of rotatable bonds is 0. The first-order valence-electron chi connectivity index (χ1n) is 8.78. The molecule has 116 valence electrons. The van der Waals surface area contributed by atoms with Gasteiger partial charge in [0.2, 0.25) is 0 Å². The maximum atomic E-state index is 9.96. The third kappa shape index (κ3) is 1.78. The van der Waals surface area contributed by atoms with Crippen LogP contribution in [-0.2, 0) is 0 Å². The van der Waals surface area contributed by atoms with E-state index in [0.29, 0.717) is 17.4 Å². The topological polar surface area (TPSA) is 46.2 Å². The fraction of sp³-hybridized carbons (Fsp3) is 0.789. The molecular formula is C19H29NO. The Morgan fingerprint density at radius 1 is 1.19 bits per heavy atom. The fourth-order valence-corrected chi connectivity index (χ4v) is 6.12. The van der Waals surface area contributed by atoms with Gasteiger partial charge in [0, 0.05) is 11.5 Å². The molecule has 0 aromatic carbocycles. The fourth-order valence-electron chi connectivity index (χ4n) is 6.12. The van der Waals surface area contributed by atoms with Crippen LogP contribution in [0.25, 0.3) is 0 Å². The summed E-state index contributed by atoms with van der Waals surface area (Å²) in [6.07, 6.45) is 13.9. The Bertz CT molecular complexity index is 510. The summed E-state index contributed by atoms with van der Waals surface area (Å²) in [5, 5.41) is 9.96. The third-order valence-electron chi connectivity index (χ3n) is 7.62. The van der Waals surface area contributed by atoms with Crippen LogP contribution >= 0.6 is 0 Å². The van der Waals surface area contributed by atoms with E-state index < -0.39 is 0 Å². The van der Waals surface area contributed by atoms with Gasteiger partial charge >= 0.3 is 0 Å². The van der Waals surface area contributed by atoms with E-state index in [2.05, 4.69) is 26.0 Å². The first kappa shape index (κ1) is 14.0. The second-order valence-corrected chi connectivity index (χ2v) is 8.49. The number of fused-ring (bicyclic) bond motifs is 5. The smallest absolute Gasteiger partial charge is 0.0724 e. The van der Waals surface area contributed by atoms with Crippen LogP contribution in [0.5, 0.6) is 0 Å². The normalized spacial score (nSPS) is 55.4. The van der Waals surface area contributed by atoms with E-state index in [4.69, 9.17) is 5.73 Å². The van der Waals surface area contributed by atoms with Gasteiger partial charge in [-0.2, -0.15) is 0 Å². The second kappa shape index (κ2) is 4.45. The van der Waals surface area contributed by atoms with Gasteiger partial charge in [0.1, 0.15) is 0 Å². The number of nitrogens with two attached hydrogens (primary N) is 1. The Hall–Kier alpha value is -0.600. The van der Waals surface area contributed by atoms with E-state index >= 15 is 0 Å². The van der Waals surface area contributed by atoms with Gasteiger partial charge in [0.15, 0.2) is 0 Å². The van der Waals surface area contributed by atoms with Crippen LogP contribution in [0.15, 0.2) is 23.8 Å². The molecule has 0 aromatic rings. The van der Waals surface area contributed by atoms with Crippen molar-refractivity contribution < 1.29 is 5.11 Å². The SMILES string of the molecule is C[C@]12CC=C3[C@@H](CC[C@@H]4C[C@@H](O)C=C[C@]34C)[C@@H]1CC[C@@H]2N. The maximum absolute atomic E-state index is 9.96. The molecule has 4 rings (SSSR count). The molecule has 0 aliphatic heterocycles. The quantitative estimate of drug-likeness (QED) is 0.671. The summed E-state index contributed by atoms with van der Waals surface area (Å²) in [5.41, 5.74) is 8.65. The third-order valence-corrected chi connectivity index (χ3v) is 7.62. The van der Waals surface area contributed by atoms with Crippen molar-refractivity contribution in [3.8, 4) is 0 Å². The zero-order chi connectivity index (χ0) is 14.8. The highest BCUT2D eigenvalue weighted by molar-refractivity contribution is 5.34. The zero-order valence-corrected chi connectivity index (χ0v) is 13.4. The molecule has 7 atom stereocenters. The minimum absolute atomic E-state index is 0.191. The average molecular weight is 287 g/mol. The van der Waals surface area contributed by atoms with E-state index in [1.54, 1.807) is 5.57 Å². The summed E-state index contributed by atoms with van der Waals surface area (Å²) in [7, 11) is 0. The molecule has 3 N–H and O–H groups in total. The Morgan fingerprint density at radius 2 is 2.00 bits per heavy atom. The molecule has 0 bridgehead atoms. The number of allylic oxidation sites excluding steroid dienone is 3. The lowest BCUT2D eigenvalue weighted by atomic mass is 9.50. The van der Waals surface area contributed by atoms with Crippen LogP contribution in [-0.4, -0.2) is 17.3 Å². The highest BCUT2D eigenvalue weighted by Crippen LogP contribution is 2.62. The van der Waals surface area contributed by atoms with Crippen molar-refractivity contribution in [2.75, 3.05) is 0 Å². The monoisotopic (exact) mass is 287 g/mol. The molecule has 2 saturated carbocycles. The van der Waals surface area contributed by atoms with Crippen molar-refractivity contribution in [2.24, 2.45) is 34.3 Å². The van der Waals surface area contributed by atoms with Gasteiger partial charge in [0.25, 0.3) is 0 Å². The van der Waals surface area contributed by atoms with Gasteiger partial charge < -0.3 is 10.8 Å². The van der Waals surface area contributed by atoms with Crippen molar-refractivity contribution >= 4 is 0 Å². The van der Waals surface area contributed by atoms with E-state index in [0.717, 1.165) is 24.7 Å². The van der Waals surface area contributed by atoms with Crippen molar-refractivity contribution in [3.05, 3.63) is 23.8 Å². The molecule has 2 fully saturated rings. The number of hydrogen-bond acceptors (Lipinski definition) is 2. The van der Waals surface area contributed by atoms with Crippen LogP contribution in [0.3, 0.4) is 0 Å². The summed E-state index contributed by atoms with van der Waals surface area (Å²) in [6.45, 7) is 4.84. The molecule has 2 nitrogen and oxygen atoms in total. The molecule has 0 unspecified atom stereocenters. The second-order valence-electron chi connectivity index (χ2n) is 8.49. The van der Waals surface area contributed by atoms with Gasteiger partial charge in [0.05, 0.1) is 6.10 Å². The Labute approximate surface area is 128 Å². The summed E-state index contributed by atoms with van der Waals surface area (Å²) >= 11 is 0. The molecule has 0 aromatic heterocycles. The Kier molecular flexibility index (Phi) is 2.97. The van der Waals surface area contributed by atoms with Gasteiger partial charge in [-0.25, -0.2) is 0 Å². The summed E-state index contributed by atoms with van der Waals surface area (Å²) in [5.74, 6) is 2.14. The molecule has 4 aliphatic carbocycles. The van der Waals surface area contributed by atoms with Crippen molar-refractivity contribution in [1.29, 1.82) is 0 Å². The predicted molar refractivity (Wildman–Crippen MR) is 85.6 cm³/mol. The van der Waals surface area contributed by atoms with Crippen molar-refractivity contribution in [2.45, 2.75) is 64.5 Å². The summed E-state index contributed by atoms with van der Waals surface area (Å²) < 4.78 is 0. The molecule has 0 heterocycles. The average Bonchev–Trinajstić information content (AvgIpc) is 2.76. The number of aliphatic hydroxyl groups is 1. The summed E-state index contributed by atoms with van der Waals surface area (Å²) in [4.78, 5) is 0. The van der Waals surface area contributed by atoms with Gasteiger partial charge in [-0.1, -0.05) is 37.6 Å². The van der Waals surface area contributed by atoms with E-state index in [1.165, 1.54) is 25.7 Å². The highest BCUT2D eigenvalue weighted by Gasteiger charge is 2.55. The largest absolute Gasteiger partial charge is 0.389 e. The number of aliphatic hydroxyl groups excluding tert-OH is 1. The van der Waals surface area contributed by atoms with Crippen LogP contribution in [0, 0.1) is 28.6 Å². The molecule has 21 heavy (non-hydrogen) atoms. The van der Waals surface area contributed by atoms with E-state index in [1.807, 2.05) is 6.08 Å². The molecule has 0 spiro atoms.